The van der Waals surface area contributed by atoms with Gasteiger partial charge < -0.3 is 4.74 Å². The summed E-state index contributed by atoms with van der Waals surface area (Å²) in [6.45, 7) is 1.90. The van der Waals surface area contributed by atoms with E-state index in [2.05, 4.69) is 17.1 Å². The number of ether oxygens (including phenoxy) is 1. The molecule has 0 unspecified atom stereocenters. The molecular formula is C7H18N2O. The first-order valence-corrected chi connectivity index (χ1v) is 3.55. The third-order valence-corrected chi connectivity index (χ3v) is 1.51. The summed E-state index contributed by atoms with van der Waals surface area (Å²) < 4.78 is 4.93. The van der Waals surface area contributed by atoms with Crippen LogP contribution in [-0.2, 0) is 4.74 Å². The molecule has 0 aromatic rings. The molecule has 3 nitrogen and oxygen atoms in total. The van der Waals surface area contributed by atoms with Crippen molar-refractivity contribution in [2.45, 2.75) is 6.42 Å². The number of rotatable bonds is 5. The van der Waals surface area contributed by atoms with E-state index in [1.807, 2.05) is 14.1 Å². The second kappa shape index (κ2) is 5.65. The van der Waals surface area contributed by atoms with Crippen molar-refractivity contribution in [1.82, 2.24) is 10.0 Å². The summed E-state index contributed by atoms with van der Waals surface area (Å²) in [5.41, 5.74) is 0. The van der Waals surface area contributed by atoms with Gasteiger partial charge in [-0.15, -0.1) is 0 Å². The lowest BCUT2D eigenvalue weighted by Crippen LogP contribution is -2.34. The molecule has 0 aliphatic carbocycles. The first kappa shape index (κ1) is 9.88. The van der Waals surface area contributed by atoms with Gasteiger partial charge in [-0.25, -0.2) is 10.0 Å². The van der Waals surface area contributed by atoms with Crippen molar-refractivity contribution in [3.63, 3.8) is 0 Å². The standard InChI is InChI=1S/C7H18N2O/c1-8(2)9(3)6-5-7-10-4/h5-7H2,1-4H3. The van der Waals surface area contributed by atoms with E-state index in [1.165, 1.54) is 0 Å². The predicted molar refractivity (Wildman–Crippen MR) is 42.8 cm³/mol. The van der Waals surface area contributed by atoms with Gasteiger partial charge in [0.05, 0.1) is 0 Å². The largest absolute Gasteiger partial charge is 0.385 e. The molecule has 0 aromatic heterocycles. The summed E-state index contributed by atoms with van der Waals surface area (Å²) in [5, 5.41) is 4.22. The van der Waals surface area contributed by atoms with Crippen LogP contribution in [0.5, 0.6) is 0 Å². The smallest absolute Gasteiger partial charge is 0.0475 e. The fourth-order valence-corrected chi connectivity index (χ4v) is 0.638. The lowest BCUT2D eigenvalue weighted by molar-refractivity contribution is 0.0461. The van der Waals surface area contributed by atoms with Gasteiger partial charge in [-0.3, -0.25) is 0 Å². The number of hydrogen-bond donors (Lipinski definition) is 0. The normalized spacial score (nSPS) is 11.4. The van der Waals surface area contributed by atoms with Gasteiger partial charge in [0.15, 0.2) is 0 Å². The topological polar surface area (TPSA) is 15.7 Å². The number of methoxy groups -OCH3 is 1. The molecule has 0 N–H and O–H groups in total. The van der Waals surface area contributed by atoms with Gasteiger partial charge in [0.25, 0.3) is 0 Å². The van der Waals surface area contributed by atoms with Crippen molar-refractivity contribution in [2.75, 3.05) is 41.4 Å². The number of hydrogen-bond acceptors (Lipinski definition) is 3. The van der Waals surface area contributed by atoms with Gasteiger partial charge >= 0.3 is 0 Å². The van der Waals surface area contributed by atoms with Crippen LogP contribution in [-0.4, -0.2) is 51.4 Å². The summed E-state index contributed by atoms with van der Waals surface area (Å²) in [6.07, 6.45) is 1.09. The molecule has 0 rings (SSSR count). The van der Waals surface area contributed by atoms with Crippen molar-refractivity contribution in [3.8, 4) is 0 Å². The minimum atomic E-state index is 0.845. The van der Waals surface area contributed by atoms with Crippen LogP contribution in [0.25, 0.3) is 0 Å². The first-order chi connectivity index (χ1) is 4.68. The van der Waals surface area contributed by atoms with Gasteiger partial charge in [-0.2, -0.15) is 0 Å². The van der Waals surface area contributed by atoms with Crippen LogP contribution in [0.4, 0.5) is 0 Å². The molecule has 0 bridgehead atoms. The molecule has 0 fully saturated rings. The summed E-state index contributed by atoms with van der Waals surface area (Å²) in [7, 11) is 7.87. The van der Waals surface area contributed by atoms with Gasteiger partial charge in [0.2, 0.25) is 0 Å². The minimum absolute atomic E-state index is 0.845. The van der Waals surface area contributed by atoms with Gasteiger partial charge in [0, 0.05) is 41.4 Å². The highest BCUT2D eigenvalue weighted by molar-refractivity contribution is 4.42. The van der Waals surface area contributed by atoms with Crippen molar-refractivity contribution in [1.29, 1.82) is 0 Å². The van der Waals surface area contributed by atoms with Crippen LogP contribution < -0.4 is 0 Å². The van der Waals surface area contributed by atoms with E-state index in [-0.39, 0.29) is 0 Å². The summed E-state index contributed by atoms with van der Waals surface area (Å²) >= 11 is 0. The van der Waals surface area contributed by atoms with Crippen LogP contribution in [0.1, 0.15) is 6.42 Å². The highest BCUT2D eigenvalue weighted by Gasteiger charge is 1.97. The molecule has 62 valence electrons. The van der Waals surface area contributed by atoms with Crippen molar-refractivity contribution in [3.05, 3.63) is 0 Å². The molecule has 3 heteroatoms. The average Bonchev–Trinajstić information content (AvgIpc) is 1.88. The van der Waals surface area contributed by atoms with Gasteiger partial charge in [0.1, 0.15) is 0 Å². The van der Waals surface area contributed by atoms with E-state index in [1.54, 1.807) is 7.11 Å². The van der Waals surface area contributed by atoms with Crippen molar-refractivity contribution < 1.29 is 4.74 Å². The molecule has 0 heterocycles. The molecule has 0 radical (unpaired) electrons. The van der Waals surface area contributed by atoms with E-state index in [0.29, 0.717) is 0 Å². The fourth-order valence-electron chi connectivity index (χ4n) is 0.638. The monoisotopic (exact) mass is 146 g/mol. The van der Waals surface area contributed by atoms with E-state index in [4.69, 9.17) is 4.74 Å². The Hall–Kier alpha value is -0.120. The Morgan fingerprint density at radius 1 is 1.20 bits per heavy atom. The third-order valence-electron chi connectivity index (χ3n) is 1.51. The average molecular weight is 146 g/mol. The second-order valence-electron chi connectivity index (χ2n) is 2.57. The Kier molecular flexibility index (Phi) is 5.58. The molecule has 0 amide bonds. The van der Waals surface area contributed by atoms with Crippen LogP contribution >= 0.6 is 0 Å². The number of hydrazine groups is 1. The molecule has 0 spiro atoms. The zero-order valence-corrected chi connectivity index (χ0v) is 7.42. The third kappa shape index (κ3) is 4.73. The van der Waals surface area contributed by atoms with Crippen molar-refractivity contribution >= 4 is 0 Å². The SMILES string of the molecule is COCCCN(C)N(C)C. The first-order valence-electron chi connectivity index (χ1n) is 3.55. The fraction of sp³-hybridized carbons (Fsp3) is 1.00. The highest BCUT2D eigenvalue weighted by atomic mass is 16.5. The lowest BCUT2D eigenvalue weighted by atomic mass is 10.4. The van der Waals surface area contributed by atoms with E-state index in [0.717, 1.165) is 19.6 Å². The molecular weight excluding hydrogens is 128 g/mol. The van der Waals surface area contributed by atoms with E-state index in [9.17, 15) is 0 Å². The van der Waals surface area contributed by atoms with Gasteiger partial charge in [-0.1, -0.05) is 0 Å². The van der Waals surface area contributed by atoms with Crippen LogP contribution in [0.15, 0.2) is 0 Å². The maximum atomic E-state index is 4.93. The summed E-state index contributed by atoms with van der Waals surface area (Å²) in [6, 6.07) is 0. The van der Waals surface area contributed by atoms with Crippen LogP contribution in [0.2, 0.25) is 0 Å². The lowest BCUT2D eigenvalue weighted by Gasteiger charge is -2.23. The Bertz CT molecular complexity index is 76.0. The minimum Gasteiger partial charge on any atom is -0.385 e. The summed E-state index contributed by atoms with van der Waals surface area (Å²) in [4.78, 5) is 0. The van der Waals surface area contributed by atoms with Crippen LogP contribution in [0, 0.1) is 0 Å². The maximum absolute atomic E-state index is 4.93. The number of nitrogens with zero attached hydrogens (tertiary/aromatic N) is 2. The van der Waals surface area contributed by atoms with E-state index < -0.39 is 0 Å². The Morgan fingerprint density at radius 2 is 1.80 bits per heavy atom. The van der Waals surface area contributed by atoms with Gasteiger partial charge in [-0.05, 0) is 6.42 Å². The maximum Gasteiger partial charge on any atom is 0.0475 e. The predicted octanol–water partition coefficient (Wildman–Crippen LogP) is 0.431. The Balaban J connectivity index is 3.13. The second-order valence-corrected chi connectivity index (χ2v) is 2.57. The molecule has 0 aromatic carbocycles. The Morgan fingerprint density at radius 3 is 2.20 bits per heavy atom. The quantitative estimate of drug-likeness (QED) is 0.413. The van der Waals surface area contributed by atoms with E-state index >= 15 is 0 Å². The Labute approximate surface area is 63.5 Å². The molecule has 0 aliphatic rings. The molecule has 10 heavy (non-hydrogen) atoms. The summed E-state index contributed by atoms with van der Waals surface area (Å²) in [5.74, 6) is 0. The molecule has 0 aliphatic heterocycles. The highest BCUT2D eigenvalue weighted by Crippen LogP contribution is 1.88. The van der Waals surface area contributed by atoms with Crippen LogP contribution in [0.3, 0.4) is 0 Å². The molecule has 0 atom stereocenters. The zero-order valence-electron chi connectivity index (χ0n) is 7.42. The zero-order chi connectivity index (χ0) is 7.98. The molecule has 0 saturated carbocycles. The van der Waals surface area contributed by atoms with Crippen molar-refractivity contribution in [2.24, 2.45) is 0 Å². The molecule has 0 saturated heterocycles.